The molecule has 0 radical (unpaired) electrons. The third-order valence-corrected chi connectivity index (χ3v) is 4.80. The number of aldehydes is 1. The zero-order valence-corrected chi connectivity index (χ0v) is 13.4. The van der Waals surface area contributed by atoms with Gasteiger partial charge in [-0.15, -0.1) is 0 Å². The van der Waals surface area contributed by atoms with Gasteiger partial charge in [-0.1, -0.05) is 65.7 Å². The van der Waals surface area contributed by atoms with E-state index in [1.807, 2.05) is 36.4 Å². The van der Waals surface area contributed by atoms with Gasteiger partial charge in [0.05, 0.1) is 21.3 Å². The smallest absolute Gasteiger partial charge is 0.152 e. The fraction of sp³-hybridized carbons (Fsp3) is 0. The predicted octanol–water partition coefficient (Wildman–Crippen LogP) is 6.11. The Morgan fingerprint density at radius 1 is 0.870 bits per heavy atom. The van der Waals surface area contributed by atoms with Gasteiger partial charge in [-0.2, -0.15) is 0 Å². The number of rotatable bonds is 2. The molecule has 0 amide bonds. The Balaban J connectivity index is 2.08. The van der Waals surface area contributed by atoms with Gasteiger partial charge in [0.25, 0.3) is 0 Å². The summed E-state index contributed by atoms with van der Waals surface area (Å²) >= 11 is 12.1. The van der Waals surface area contributed by atoms with E-state index in [-0.39, 0.29) is 0 Å². The lowest BCUT2D eigenvalue weighted by atomic mass is 10.0. The molecule has 112 valence electrons. The van der Waals surface area contributed by atoms with Crippen LogP contribution in [-0.4, -0.2) is 11.3 Å². The lowest BCUT2D eigenvalue weighted by Gasteiger charge is -2.02. The number of fused-ring (bicyclic) bond motifs is 3. The fourth-order valence-corrected chi connectivity index (χ4v) is 3.26. The highest BCUT2D eigenvalue weighted by atomic mass is 35.5. The summed E-state index contributed by atoms with van der Waals surface area (Å²) in [5.41, 5.74) is 3.17. The van der Waals surface area contributed by atoms with Crippen molar-refractivity contribution in [3.8, 4) is 11.3 Å². The van der Waals surface area contributed by atoms with Crippen molar-refractivity contribution >= 4 is 51.2 Å². The number of nitrogens with one attached hydrogen (secondary N) is 1. The van der Waals surface area contributed by atoms with Gasteiger partial charge in [0.1, 0.15) is 0 Å². The first kappa shape index (κ1) is 14.3. The molecule has 0 fully saturated rings. The first-order chi connectivity index (χ1) is 11.2. The second kappa shape index (κ2) is 5.41. The van der Waals surface area contributed by atoms with E-state index in [4.69, 9.17) is 23.2 Å². The van der Waals surface area contributed by atoms with Crippen LogP contribution in [0.15, 0.2) is 54.6 Å². The molecule has 0 saturated heterocycles. The molecule has 23 heavy (non-hydrogen) atoms. The van der Waals surface area contributed by atoms with E-state index in [9.17, 15) is 4.79 Å². The van der Waals surface area contributed by atoms with Gasteiger partial charge in [-0.05, 0) is 17.5 Å². The summed E-state index contributed by atoms with van der Waals surface area (Å²) in [6, 6.07) is 17.4. The van der Waals surface area contributed by atoms with Crippen molar-refractivity contribution in [2.75, 3.05) is 0 Å². The lowest BCUT2D eigenvalue weighted by Crippen LogP contribution is -1.84. The second-order valence-electron chi connectivity index (χ2n) is 5.37. The molecule has 0 aliphatic rings. The maximum absolute atomic E-state index is 11.7. The molecule has 1 heterocycles. The Hall–Kier alpha value is -2.29. The number of hydrogen-bond acceptors (Lipinski definition) is 1. The van der Waals surface area contributed by atoms with Crippen LogP contribution in [0.3, 0.4) is 0 Å². The van der Waals surface area contributed by atoms with Crippen molar-refractivity contribution in [3.05, 3.63) is 70.2 Å². The van der Waals surface area contributed by atoms with Gasteiger partial charge in [0.15, 0.2) is 6.29 Å². The molecule has 2 nitrogen and oxygen atoms in total. The van der Waals surface area contributed by atoms with Crippen LogP contribution in [0.5, 0.6) is 0 Å². The number of hydrogen-bond donors (Lipinski definition) is 1. The van der Waals surface area contributed by atoms with Crippen LogP contribution < -0.4 is 0 Å². The van der Waals surface area contributed by atoms with Crippen molar-refractivity contribution in [2.24, 2.45) is 0 Å². The van der Waals surface area contributed by atoms with E-state index in [2.05, 4.69) is 11.1 Å². The summed E-state index contributed by atoms with van der Waals surface area (Å²) in [5.74, 6) is 0. The Morgan fingerprint density at radius 2 is 1.70 bits per heavy atom. The number of halogens is 2. The molecule has 0 atom stereocenters. The van der Waals surface area contributed by atoms with Crippen LogP contribution in [0.25, 0.3) is 32.9 Å². The van der Waals surface area contributed by atoms with Crippen LogP contribution in [-0.2, 0) is 0 Å². The quantitative estimate of drug-likeness (QED) is 0.439. The monoisotopic (exact) mass is 339 g/mol. The Morgan fingerprint density at radius 3 is 2.48 bits per heavy atom. The third-order valence-electron chi connectivity index (χ3n) is 4.06. The maximum atomic E-state index is 11.7. The standard InChI is InChI=1S/C19H11Cl2NO/c20-16-8-6-12(9-17(16)21)18-15(10-23)14-7-5-11-3-1-2-4-13(11)19(14)22-18/h1-10,22H. The van der Waals surface area contributed by atoms with Gasteiger partial charge < -0.3 is 4.98 Å². The summed E-state index contributed by atoms with van der Waals surface area (Å²) < 4.78 is 0. The van der Waals surface area contributed by atoms with Gasteiger partial charge >= 0.3 is 0 Å². The van der Waals surface area contributed by atoms with E-state index < -0.39 is 0 Å². The molecule has 4 rings (SSSR count). The van der Waals surface area contributed by atoms with E-state index in [1.54, 1.807) is 12.1 Å². The molecule has 0 aliphatic heterocycles. The van der Waals surface area contributed by atoms with Crippen LogP contribution in [0.2, 0.25) is 10.0 Å². The van der Waals surface area contributed by atoms with Gasteiger partial charge in [0.2, 0.25) is 0 Å². The SMILES string of the molecule is O=Cc1c(-c2ccc(Cl)c(Cl)c2)[nH]c2c1ccc1ccccc12. The Labute approximate surface area is 142 Å². The largest absolute Gasteiger partial charge is 0.353 e. The van der Waals surface area contributed by atoms with Crippen LogP contribution >= 0.6 is 23.2 Å². The molecule has 0 spiro atoms. The second-order valence-corrected chi connectivity index (χ2v) is 6.18. The van der Waals surface area contributed by atoms with E-state index in [0.717, 1.165) is 39.2 Å². The van der Waals surface area contributed by atoms with Crippen molar-refractivity contribution in [2.45, 2.75) is 0 Å². The number of aromatic nitrogens is 1. The van der Waals surface area contributed by atoms with Crippen molar-refractivity contribution in [3.63, 3.8) is 0 Å². The zero-order chi connectivity index (χ0) is 16.0. The van der Waals surface area contributed by atoms with Gasteiger partial charge in [-0.25, -0.2) is 0 Å². The summed E-state index contributed by atoms with van der Waals surface area (Å²) in [6.07, 6.45) is 0.880. The van der Waals surface area contributed by atoms with Crippen molar-refractivity contribution in [1.29, 1.82) is 0 Å². The molecule has 3 aromatic carbocycles. The highest BCUT2D eigenvalue weighted by Gasteiger charge is 2.15. The predicted molar refractivity (Wildman–Crippen MR) is 96.6 cm³/mol. The van der Waals surface area contributed by atoms with Crippen LogP contribution in [0.4, 0.5) is 0 Å². The number of carbonyl (C=O) groups excluding carboxylic acids is 1. The molecule has 0 bridgehead atoms. The summed E-state index contributed by atoms with van der Waals surface area (Å²) in [7, 11) is 0. The molecule has 1 N–H and O–H groups in total. The molecule has 0 unspecified atom stereocenters. The number of benzene rings is 3. The first-order valence-electron chi connectivity index (χ1n) is 7.13. The molecular weight excluding hydrogens is 329 g/mol. The van der Waals surface area contributed by atoms with Crippen molar-refractivity contribution < 1.29 is 4.79 Å². The summed E-state index contributed by atoms with van der Waals surface area (Å²) in [5, 5.41) is 4.06. The highest BCUT2D eigenvalue weighted by Crippen LogP contribution is 2.35. The molecule has 0 aliphatic carbocycles. The topological polar surface area (TPSA) is 32.9 Å². The Kier molecular flexibility index (Phi) is 3.37. The zero-order valence-electron chi connectivity index (χ0n) is 11.9. The molecule has 4 heteroatoms. The average Bonchev–Trinajstić information content (AvgIpc) is 2.96. The van der Waals surface area contributed by atoms with Gasteiger partial charge in [0, 0.05) is 21.9 Å². The molecule has 1 aromatic heterocycles. The Bertz CT molecular complexity index is 1070. The summed E-state index contributed by atoms with van der Waals surface area (Å²) in [6.45, 7) is 0. The number of carbonyl (C=O) groups is 1. The van der Waals surface area contributed by atoms with E-state index in [1.165, 1.54) is 0 Å². The first-order valence-corrected chi connectivity index (χ1v) is 7.88. The fourth-order valence-electron chi connectivity index (χ4n) is 2.96. The van der Waals surface area contributed by atoms with Crippen LogP contribution in [0, 0.1) is 0 Å². The van der Waals surface area contributed by atoms with E-state index in [0.29, 0.717) is 15.6 Å². The maximum Gasteiger partial charge on any atom is 0.152 e. The third kappa shape index (κ3) is 2.23. The van der Waals surface area contributed by atoms with Crippen molar-refractivity contribution in [1.82, 2.24) is 4.98 Å². The highest BCUT2D eigenvalue weighted by molar-refractivity contribution is 6.42. The summed E-state index contributed by atoms with van der Waals surface area (Å²) in [4.78, 5) is 15.1. The molecule has 4 aromatic rings. The minimum Gasteiger partial charge on any atom is -0.353 e. The van der Waals surface area contributed by atoms with Crippen LogP contribution in [0.1, 0.15) is 10.4 Å². The molecular formula is C19H11Cl2NO. The van der Waals surface area contributed by atoms with E-state index >= 15 is 0 Å². The average molecular weight is 340 g/mol. The number of aromatic amines is 1. The minimum atomic E-state index is 0.463. The van der Waals surface area contributed by atoms with Gasteiger partial charge in [-0.3, -0.25) is 4.79 Å². The molecule has 0 saturated carbocycles. The minimum absolute atomic E-state index is 0.463. The number of H-pyrrole nitrogens is 1. The normalized spacial score (nSPS) is 11.2. The lowest BCUT2D eigenvalue weighted by molar-refractivity contribution is 0.112.